The van der Waals surface area contributed by atoms with E-state index in [4.69, 9.17) is 11.6 Å². The minimum atomic E-state index is -0.385. The number of anilines is 1. The third kappa shape index (κ3) is 7.13. The molecule has 6 rings (SSSR count). The van der Waals surface area contributed by atoms with E-state index in [0.29, 0.717) is 35.0 Å². The van der Waals surface area contributed by atoms with Crippen LogP contribution in [-0.2, 0) is 17.8 Å². The maximum atomic E-state index is 14.1. The van der Waals surface area contributed by atoms with Gasteiger partial charge in [0, 0.05) is 35.8 Å². The van der Waals surface area contributed by atoms with Crippen LogP contribution in [0.3, 0.4) is 0 Å². The highest BCUT2D eigenvalue weighted by Crippen LogP contribution is 2.46. The number of halogens is 2. The molecule has 2 amide bonds. The van der Waals surface area contributed by atoms with Crippen molar-refractivity contribution >= 4 is 29.1 Å². The fourth-order valence-electron chi connectivity index (χ4n) is 7.36. The Bertz CT molecular complexity index is 1440. The molecule has 0 aromatic heterocycles. The molecule has 43 heavy (non-hydrogen) atoms. The molecule has 0 spiro atoms. The van der Waals surface area contributed by atoms with E-state index in [-0.39, 0.29) is 36.0 Å². The molecule has 0 radical (unpaired) electrons. The first-order chi connectivity index (χ1) is 20.9. The molecule has 2 atom stereocenters. The maximum absolute atomic E-state index is 14.1. The van der Waals surface area contributed by atoms with Crippen LogP contribution < -0.4 is 10.2 Å². The molecule has 3 aromatic rings. The molecule has 3 aromatic carbocycles. The van der Waals surface area contributed by atoms with Gasteiger partial charge in [0.15, 0.2) is 0 Å². The average Bonchev–Trinajstić information content (AvgIpc) is 3.14. The third-order valence-corrected chi connectivity index (χ3v) is 10.1. The third-order valence-electron chi connectivity index (χ3n) is 9.75. The number of carbonyl (C=O) groups is 2. The van der Waals surface area contributed by atoms with Gasteiger partial charge in [0.1, 0.15) is 5.82 Å². The molecule has 1 aliphatic carbocycles. The predicted octanol–water partition coefficient (Wildman–Crippen LogP) is 7.37. The van der Waals surface area contributed by atoms with E-state index in [1.54, 1.807) is 4.90 Å². The van der Waals surface area contributed by atoms with E-state index < -0.39 is 0 Å². The van der Waals surface area contributed by atoms with Crippen LogP contribution in [0.15, 0.2) is 66.7 Å². The molecule has 1 saturated carbocycles. The van der Waals surface area contributed by atoms with Crippen molar-refractivity contribution in [2.75, 3.05) is 31.1 Å². The standard InChI is InChI=1S/C36H41ClFN3O2/c37-33-13-11-30(38)21-29(33)24-41-34-22-28(10-12-32(34)31-9-5-4-8-27(31)23-35(41)42)36(43)39-16-19-40-17-14-26(15-18-40)20-25-6-2-1-3-7-25/h1-3,6-7,10-13,21-22,26-27,31H,4-5,8-9,14-20,23-24H2,(H,39,43). The first-order valence-electron chi connectivity index (χ1n) is 15.9. The molecule has 3 aliphatic rings. The van der Waals surface area contributed by atoms with E-state index in [1.807, 2.05) is 18.2 Å². The SMILES string of the molecule is O=C(NCCN1CCC(Cc2ccccc2)CC1)c1ccc2c(c1)N(Cc1cc(F)ccc1Cl)C(=O)CC1CCCCC21. The maximum Gasteiger partial charge on any atom is 0.251 e. The summed E-state index contributed by atoms with van der Waals surface area (Å²) in [5.74, 6) is 0.757. The van der Waals surface area contributed by atoms with Gasteiger partial charge in [0.05, 0.1) is 6.54 Å². The molecule has 2 unspecified atom stereocenters. The monoisotopic (exact) mass is 601 g/mol. The molecule has 0 bridgehead atoms. The normalized spacial score (nSPS) is 21.2. The minimum absolute atomic E-state index is 0.00389. The van der Waals surface area contributed by atoms with Crippen molar-refractivity contribution < 1.29 is 14.0 Å². The summed E-state index contributed by atoms with van der Waals surface area (Å²) >= 11 is 6.43. The zero-order valence-electron chi connectivity index (χ0n) is 24.7. The van der Waals surface area contributed by atoms with Crippen molar-refractivity contribution in [1.29, 1.82) is 0 Å². The zero-order chi connectivity index (χ0) is 29.8. The van der Waals surface area contributed by atoms with Crippen molar-refractivity contribution in [2.45, 2.75) is 63.8 Å². The van der Waals surface area contributed by atoms with Gasteiger partial charge in [-0.05, 0) is 110 Å². The lowest BCUT2D eigenvalue weighted by atomic mass is 9.74. The Balaban J connectivity index is 1.12. The zero-order valence-corrected chi connectivity index (χ0v) is 25.5. The number of likely N-dealkylation sites (tertiary alicyclic amines) is 1. The van der Waals surface area contributed by atoms with Crippen molar-refractivity contribution in [3.8, 4) is 0 Å². The van der Waals surface area contributed by atoms with Gasteiger partial charge < -0.3 is 15.1 Å². The molecule has 226 valence electrons. The van der Waals surface area contributed by atoms with Crippen LogP contribution in [0.1, 0.15) is 77.9 Å². The number of amides is 2. The molecule has 1 N–H and O–H groups in total. The first kappa shape index (κ1) is 29.8. The number of rotatable bonds is 8. The van der Waals surface area contributed by atoms with Gasteiger partial charge in [-0.15, -0.1) is 0 Å². The Morgan fingerprint density at radius 3 is 2.56 bits per heavy atom. The Labute approximate surface area is 259 Å². The number of hydrogen-bond donors (Lipinski definition) is 1. The quantitative estimate of drug-likeness (QED) is 0.293. The highest BCUT2D eigenvalue weighted by atomic mass is 35.5. The number of nitrogens with zero attached hydrogens (tertiary/aromatic N) is 2. The van der Waals surface area contributed by atoms with Crippen molar-refractivity contribution in [1.82, 2.24) is 10.2 Å². The summed E-state index contributed by atoms with van der Waals surface area (Å²) in [7, 11) is 0. The van der Waals surface area contributed by atoms with Gasteiger partial charge in [-0.3, -0.25) is 9.59 Å². The fraction of sp³-hybridized carbons (Fsp3) is 0.444. The number of fused-ring (bicyclic) bond motifs is 3. The van der Waals surface area contributed by atoms with Gasteiger partial charge in [-0.2, -0.15) is 0 Å². The number of benzene rings is 3. The lowest BCUT2D eigenvalue weighted by Crippen LogP contribution is -2.40. The van der Waals surface area contributed by atoms with Gasteiger partial charge >= 0.3 is 0 Å². The Morgan fingerprint density at radius 1 is 0.953 bits per heavy atom. The topological polar surface area (TPSA) is 52.7 Å². The number of carbonyl (C=O) groups excluding carboxylic acids is 2. The van der Waals surface area contributed by atoms with Gasteiger partial charge in [-0.1, -0.05) is 60.8 Å². The largest absolute Gasteiger partial charge is 0.351 e. The molecule has 7 heteroatoms. The van der Waals surface area contributed by atoms with Crippen LogP contribution >= 0.6 is 11.6 Å². The molecule has 5 nitrogen and oxygen atoms in total. The highest BCUT2D eigenvalue weighted by Gasteiger charge is 2.37. The van der Waals surface area contributed by atoms with E-state index in [9.17, 15) is 14.0 Å². The Morgan fingerprint density at radius 2 is 1.74 bits per heavy atom. The number of nitrogens with one attached hydrogen (secondary N) is 1. The molecular weight excluding hydrogens is 561 g/mol. The smallest absolute Gasteiger partial charge is 0.251 e. The van der Waals surface area contributed by atoms with E-state index >= 15 is 0 Å². The minimum Gasteiger partial charge on any atom is -0.351 e. The predicted molar refractivity (Wildman–Crippen MR) is 170 cm³/mol. The van der Waals surface area contributed by atoms with Gasteiger partial charge in [-0.25, -0.2) is 4.39 Å². The van der Waals surface area contributed by atoms with Crippen LogP contribution in [0.4, 0.5) is 10.1 Å². The Kier molecular flexibility index (Phi) is 9.44. The summed E-state index contributed by atoms with van der Waals surface area (Å²) in [6.07, 6.45) is 8.26. The van der Waals surface area contributed by atoms with Crippen LogP contribution in [0.5, 0.6) is 0 Å². The van der Waals surface area contributed by atoms with E-state index in [2.05, 4.69) is 40.5 Å². The summed E-state index contributed by atoms with van der Waals surface area (Å²) in [4.78, 5) is 31.2. The second-order valence-corrected chi connectivity index (χ2v) is 13.0. The van der Waals surface area contributed by atoms with Gasteiger partial charge in [0.25, 0.3) is 5.91 Å². The van der Waals surface area contributed by atoms with Crippen LogP contribution in [0.25, 0.3) is 0 Å². The van der Waals surface area contributed by atoms with Gasteiger partial charge in [0.2, 0.25) is 5.91 Å². The summed E-state index contributed by atoms with van der Waals surface area (Å²) in [6.45, 7) is 3.67. The van der Waals surface area contributed by atoms with E-state index in [1.165, 1.54) is 36.6 Å². The lowest BCUT2D eigenvalue weighted by Gasteiger charge is -2.32. The molecular formula is C36H41ClFN3O2. The molecule has 2 fully saturated rings. The van der Waals surface area contributed by atoms with Crippen LogP contribution in [0, 0.1) is 17.7 Å². The molecule has 2 aliphatic heterocycles. The van der Waals surface area contributed by atoms with Crippen LogP contribution in [0.2, 0.25) is 5.02 Å². The van der Waals surface area contributed by atoms with E-state index in [0.717, 1.165) is 63.0 Å². The fourth-order valence-corrected chi connectivity index (χ4v) is 7.54. The molecule has 2 heterocycles. The second kappa shape index (κ2) is 13.6. The molecule has 1 saturated heterocycles. The lowest BCUT2D eigenvalue weighted by molar-refractivity contribution is -0.119. The summed E-state index contributed by atoms with van der Waals surface area (Å²) in [6, 6.07) is 20.8. The van der Waals surface area contributed by atoms with Crippen LogP contribution in [-0.4, -0.2) is 42.9 Å². The first-order valence-corrected chi connectivity index (χ1v) is 16.2. The highest BCUT2D eigenvalue weighted by molar-refractivity contribution is 6.31. The second-order valence-electron chi connectivity index (χ2n) is 12.6. The summed E-state index contributed by atoms with van der Waals surface area (Å²) in [5.41, 5.74) is 4.38. The Hall–Kier alpha value is -3.22. The average molecular weight is 602 g/mol. The van der Waals surface area contributed by atoms with Crippen molar-refractivity contribution in [3.63, 3.8) is 0 Å². The summed E-state index contributed by atoms with van der Waals surface area (Å²) < 4.78 is 14.1. The van der Waals surface area contributed by atoms with Crippen molar-refractivity contribution in [2.24, 2.45) is 11.8 Å². The number of piperidine rings is 1. The van der Waals surface area contributed by atoms with Crippen molar-refractivity contribution in [3.05, 3.63) is 99.8 Å². The summed E-state index contributed by atoms with van der Waals surface area (Å²) in [5, 5.41) is 3.54. The number of hydrogen-bond acceptors (Lipinski definition) is 3.